The molecule has 1 saturated heterocycles. The van der Waals surface area contributed by atoms with E-state index >= 15 is 0 Å². The molecule has 2 aromatic rings. The van der Waals surface area contributed by atoms with Crippen molar-refractivity contribution >= 4 is 11.6 Å². The molecule has 28 heavy (non-hydrogen) atoms. The van der Waals surface area contributed by atoms with Crippen LogP contribution in [0.3, 0.4) is 0 Å². The average molecular weight is 405 g/mol. The highest BCUT2D eigenvalue weighted by Crippen LogP contribution is 2.25. The van der Waals surface area contributed by atoms with Gasteiger partial charge in [0.15, 0.2) is 0 Å². The third-order valence-corrected chi connectivity index (χ3v) is 5.55. The van der Waals surface area contributed by atoms with Crippen LogP contribution in [-0.4, -0.2) is 66.2 Å². The number of halogens is 1. The summed E-state index contributed by atoms with van der Waals surface area (Å²) in [5, 5.41) is 24.3. The van der Waals surface area contributed by atoms with E-state index in [0.29, 0.717) is 18.1 Å². The second-order valence-corrected chi connectivity index (χ2v) is 7.79. The lowest BCUT2D eigenvalue weighted by Crippen LogP contribution is -2.49. The summed E-state index contributed by atoms with van der Waals surface area (Å²) in [7, 11) is 2.00. The fraction of sp³-hybridized carbons (Fsp3) is 0.455. The second-order valence-electron chi connectivity index (χ2n) is 7.35. The maximum Gasteiger partial charge on any atom is 0.109 e. The van der Waals surface area contributed by atoms with E-state index in [1.54, 1.807) is 0 Å². The molecule has 0 radical (unpaired) electrons. The molecular formula is C22H29ClN2O3. The van der Waals surface area contributed by atoms with Crippen molar-refractivity contribution in [3.05, 3.63) is 70.7 Å². The third kappa shape index (κ3) is 5.54. The maximum absolute atomic E-state index is 10.7. The molecule has 5 nitrogen and oxygen atoms in total. The van der Waals surface area contributed by atoms with E-state index < -0.39 is 12.2 Å². The summed E-state index contributed by atoms with van der Waals surface area (Å²) in [5.41, 5.74) is 2.36. The number of likely N-dealkylation sites (N-methyl/N-ethyl adjacent to an activating group) is 1. The van der Waals surface area contributed by atoms with Crippen LogP contribution in [0.2, 0.25) is 5.02 Å². The van der Waals surface area contributed by atoms with Crippen molar-refractivity contribution in [3.8, 4) is 0 Å². The van der Waals surface area contributed by atoms with E-state index in [0.717, 1.165) is 18.5 Å². The van der Waals surface area contributed by atoms with Crippen LogP contribution < -0.4 is 5.32 Å². The molecule has 1 heterocycles. The zero-order chi connectivity index (χ0) is 19.9. The van der Waals surface area contributed by atoms with Crippen molar-refractivity contribution < 1.29 is 14.9 Å². The number of nitrogens with zero attached hydrogens (tertiary/aromatic N) is 1. The summed E-state index contributed by atoms with van der Waals surface area (Å²) < 4.78 is 5.94. The molecule has 152 valence electrons. The minimum Gasteiger partial charge on any atom is -0.394 e. The molecule has 0 aliphatic carbocycles. The van der Waals surface area contributed by atoms with E-state index in [2.05, 4.69) is 22.3 Å². The second kappa shape index (κ2) is 10.3. The van der Waals surface area contributed by atoms with E-state index in [9.17, 15) is 10.2 Å². The Balaban J connectivity index is 1.57. The number of ether oxygens (including phenoxy) is 1. The Morgan fingerprint density at radius 1 is 1.07 bits per heavy atom. The monoisotopic (exact) mass is 404 g/mol. The van der Waals surface area contributed by atoms with Crippen molar-refractivity contribution in [2.45, 2.75) is 37.3 Å². The first-order valence-corrected chi connectivity index (χ1v) is 10.1. The molecule has 0 bridgehead atoms. The molecule has 3 rings (SSSR count). The highest BCUT2D eigenvalue weighted by atomic mass is 35.5. The lowest BCUT2D eigenvalue weighted by atomic mass is 10.0. The van der Waals surface area contributed by atoms with Gasteiger partial charge in [-0.25, -0.2) is 0 Å². The molecule has 4 unspecified atom stereocenters. The van der Waals surface area contributed by atoms with Crippen LogP contribution in [0.15, 0.2) is 54.6 Å². The molecule has 2 aromatic carbocycles. The van der Waals surface area contributed by atoms with Gasteiger partial charge in [0.05, 0.1) is 18.8 Å². The fourth-order valence-corrected chi connectivity index (χ4v) is 4.01. The lowest BCUT2D eigenvalue weighted by molar-refractivity contribution is -0.0213. The van der Waals surface area contributed by atoms with Gasteiger partial charge in [0.25, 0.3) is 0 Å². The average Bonchev–Trinajstić information content (AvgIpc) is 3.02. The minimum absolute atomic E-state index is 0.173. The van der Waals surface area contributed by atoms with Crippen LogP contribution in [0, 0.1) is 0 Å². The van der Waals surface area contributed by atoms with Crippen molar-refractivity contribution in [1.82, 2.24) is 10.2 Å². The molecule has 1 aliphatic heterocycles. The Morgan fingerprint density at radius 2 is 1.82 bits per heavy atom. The molecule has 1 aliphatic rings. The summed E-state index contributed by atoms with van der Waals surface area (Å²) in [6.07, 6.45) is -0.578. The predicted octanol–water partition coefficient (Wildman–Crippen LogP) is 2.09. The molecular weight excluding hydrogens is 376 g/mol. The van der Waals surface area contributed by atoms with E-state index in [-0.39, 0.29) is 18.8 Å². The van der Waals surface area contributed by atoms with Gasteiger partial charge in [-0.05, 0) is 36.7 Å². The van der Waals surface area contributed by atoms with Crippen LogP contribution in [-0.2, 0) is 17.7 Å². The summed E-state index contributed by atoms with van der Waals surface area (Å²) in [6, 6.07) is 17.8. The zero-order valence-corrected chi connectivity index (χ0v) is 16.9. The normalized spacial score (nSPS) is 24.8. The Kier molecular flexibility index (Phi) is 7.85. The number of aliphatic hydroxyl groups is 2. The number of rotatable bonds is 9. The lowest BCUT2D eigenvalue weighted by Gasteiger charge is -2.30. The smallest absolute Gasteiger partial charge is 0.109 e. The van der Waals surface area contributed by atoms with Gasteiger partial charge in [-0.2, -0.15) is 0 Å². The van der Waals surface area contributed by atoms with Crippen molar-refractivity contribution in [1.29, 1.82) is 0 Å². The SMILES string of the molecule is CN(CCc1ccccc1)C1C(CNCc2cccc(Cl)c2)OC(CO)C1O. The van der Waals surface area contributed by atoms with Crippen LogP contribution in [0.25, 0.3) is 0 Å². The summed E-state index contributed by atoms with van der Waals surface area (Å²) in [5.74, 6) is 0. The Labute approximate surface area is 171 Å². The summed E-state index contributed by atoms with van der Waals surface area (Å²) >= 11 is 6.04. The highest BCUT2D eigenvalue weighted by molar-refractivity contribution is 6.30. The van der Waals surface area contributed by atoms with Crippen molar-refractivity contribution in [2.75, 3.05) is 26.7 Å². The fourth-order valence-electron chi connectivity index (χ4n) is 3.79. The van der Waals surface area contributed by atoms with Crippen LogP contribution in [0.1, 0.15) is 11.1 Å². The first-order chi connectivity index (χ1) is 13.6. The molecule has 3 N–H and O–H groups in total. The van der Waals surface area contributed by atoms with Gasteiger partial charge in [0.2, 0.25) is 0 Å². The first-order valence-electron chi connectivity index (χ1n) is 9.72. The molecule has 4 atom stereocenters. The zero-order valence-electron chi connectivity index (χ0n) is 16.2. The van der Waals surface area contributed by atoms with Gasteiger partial charge >= 0.3 is 0 Å². The predicted molar refractivity (Wildman–Crippen MR) is 111 cm³/mol. The molecule has 0 saturated carbocycles. The van der Waals surface area contributed by atoms with E-state index in [1.165, 1.54) is 5.56 Å². The molecule has 0 spiro atoms. The summed E-state index contributed by atoms with van der Waals surface area (Å²) in [4.78, 5) is 2.14. The van der Waals surface area contributed by atoms with Gasteiger partial charge < -0.3 is 20.3 Å². The van der Waals surface area contributed by atoms with Crippen LogP contribution in [0.4, 0.5) is 0 Å². The summed E-state index contributed by atoms with van der Waals surface area (Å²) in [6.45, 7) is 1.87. The maximum atomic E-state index is 10.7. The van der Waals surface area contributed by atoms with E-state index in [1.807, 2.05) is 49.5 Å². The van der Waals surface area contributed by atoms with Crippen LogP contribution in [0.5, 0.6) is 0 Å². The topological polar surface area (TPSA) is 65.0 Å². The van der Waals surface area contributed by atoms with Gasteiger partial charge in [0, 0.05) is 24.7 Å². The number of aliphatic hydroxyl groups excluding tert-OH is 2. The highest BCUT2D eigenvalue weighted by Gasteiger charge is 2.44. The van der Waals surface area contributed by atoms with Gasteiger partial charge in [-0.1, -0.05) is 54.1 Å². The Morgan fingerprint density at radius 3 is 2.54 bits per heavy atom. The number of hydrogen-bond acceptors (Lipinski definition) is 5. The van der Waals surface area contributed by atoms with Crippen LogP contribution >= 0.6 is 11.6 Å². The molecule has 0 aromatic heterocycles. The Bertz CT molecular complexity index is 731. The largest absolute Gasteiger partial charge is 0.394 e. The van der Waals surface area contributed by atoms with Crippen molar-refractivity contribution in [2.24, 2.45) is 0 Å². The standard InChI is InChI=1S/C22H29ClN2O3/c1-25(11-10-16-6-3-2-4-7-16)21-19(28-20(15-26)22(21)27)14-24-13-17-8-5-9-18(23)12-17/h2-9,12,19-22,24,26-27H,10-11,13-15H2,1H3. The number of nitrogens with one attached hydrogen (secondary N) is 1. The molecule has 6 heteroatoms. The third-order valence-electron chi connectivity index (χ3n) is 5.31. The number of hydrogen-bond donors (Lipinski definition) is 3. The quantitative estimate of drug-likeness (QED) is 0.597. The number of benzene rings is 2. The van der Waals surface area contributed by atoms with Crippen molar-refractivity contribution in [3.63, 3.8) is 0 Å². The van der Waals surface area contributed by atoms with E-state index in [4.69, 9.17) is 16.3 Å². The molecule has 0 amide bonds. The Hall–Kier alpha value is -1.47. The van der Waals surface area contributed by atoms with Gasteiger partial charge in [-0.3, -0.25) is 4.90 Å². The van der Waals surface area contributed by atoms with Gasteiger partial charge in [-0.15, -0.1) is 0 Å². The first kappa shape index (κ1) is 21.2. The minimum atomic E-state index is -0.719. The molecule has 1 fully saturated rings. The van der Waals surface area contributed by atoms with Gasteiger partial charge in [0.1, 0.15) is 12.2 Å².